The van der Waals surface area contributed by atoms with E-state index in [1.54, 1.807) is 48.5 Å². The third-order valence-electron chi connectivity index (χ3n) is 3.75. The zero-order valence-electron chi connectivity index (χ0n) is 12.7. The number of anilines is 1. The van der Waals surface area contributed by atoms with Crippen molar-refractivity contribution in [3.63, 3.8) is 0 Å². The van der Waals surface area contributed by atoms with Crippen LogP contribution in [0.3, 0.4) is 0 Å². The third kappa shape index (κ3) is 2.87. The minimum atomic E-state index is -0.482. The van der Waals surface area contributed by atoms with E-state index in [9.17, 15) is 14.9 Å². The number of nitro groups is 1. The smallest absolute Gasteiger partial charge is 0.270 e. The highest BCUT2D eigenvalue weighted by atomic mass is 16.6. The molecular weight excluding hydrogens is 304 g/mol. The predicted octanol–water partition coefficient (Wildman–Crippen LogP) is 4.08. The predicted molar refractivity (Wildman–Crippen MR) is 92.8 cm³/mol. The van der Waals surface area contributed by atoms with E-state index < -0.39 is 4.92 Å². The van der Waals surface area contributed by atoms with Gasteiger partial charge in [0.25, 0.3) is 5.69 Å². The fraction of sp³-hybridized carbons (Fsp3) is 0. The molecule has 5 heteroatoms. The summed E-state index contributed by atoms with van der Waals surface area (Å²) in [5.41, 5.74) is 8.37. The summed E-state index contributed by atoms with van der Waals surface area (Å²) in [6.45, 7) is 0. The van der Waals surface area contributed by atoms with Crippen LogP contribution >= 0.6 is 0 Å². The molecule has 0 aliphatic rings. The summed E-state index contributed by atoms with van der Waals surface area (Å²) < 4.78 is 0. The van der Waals surface area contributed by atoms with Crippen LogP contribution in [0.4, 0.5) is 11.4 Å². The lowest BCUT2D eigenvalue weighted by molar-refractivity contribution is -0.384. The molecular formula is C19H14N2O3. The van der Waals surface area contributed by atoms with Crippen molar-refractivity contribution in [3.8, 4) is 11.1 Å². The van der Waals surface area contributed by atoms with Crippen molar-refractivity contribution >= 4 is 17.2 Å². The number of rotatable bonds is 4. The van der Waals surface area contributed by atoms with Crippen LogP contribution in [0.25, 0.3) is 11.1 Å². The molecule has 0 saturated heterocycles. The number of benzene rings is 3. The van der Waals surface area contributed by atoms with E-state index in [0.29, 0.717) is 27.9 Å². The molecule has 0 spiro atoms. The zero-order chi connectivity index (χ0) is 17.1. The lowest BCUT2D eigenvalue weighted by Crippen LogP contribution is -2.04. The number of ketones is 1. The molecule has 0 atom stereocenters. The molecule has 0 radical (unpaired) electrons. The van der Waals surface area contributed by atoms with Crippen molar-refractivity contribution in [2.45, 2.75) is 0 Å². The van der Waals surface area contributed by atoms with Crippen LogP contribution in [0.1, 0.15) is 15.9 Å². The largest absolute Gasteiger partial charge is 0.398 e. The first kappa shape index (κ1) is 15.4. The van der Waals surface area contributed by atoms with Crippen molar-refractivity contribution in [2.24, 2.45) is 0 Å². The summed E-state index contributed by atoms with van der Waals surface area (Å²) in [7, 11) is 0. The highest BCUT2D eigenvalue weighted by Gasteiger charge is 2.18. The topological polar surface area (TPSA) is 86.2 Å². The average molecular weight is 318 g/mol. The summed E-state index contributed by atoms with van der Waals surface area (Å²) in [6.07, 6.45) is 0. The van der Waals surface area contributed by atoms with Gasteiger partial charge in [-0.3, -0.25) is 14.9 Å². The number of nitrogen functional groups attached to an aromatic ring is 1. The van der Waals surface area contributed by atoms with Crippen LogP contribution in [0.2, 0.25) is 0 Å². The Morgan fingerprint density at radius 3 is 2.25 bits per heavy atom. The van der Waals surface area contributed by atoms with Crippen LogP contribution in [0.5, 0.6) is 0 Å². The van der Waals surface area contributed by atoms with Gasteiger partial charge < -0.3 is 5.73 Å². The van der Waals surface area contributed by atoms with Gasteiger partial charge in [0.05, 0.1) is 4.92 Å². The highest BCUT2D eigenvalue weighted by molar-refractivity contribution is 6.13. The standard InChI is InChI=1S/C19H14N2O3/c20-18-11-10-14(21(23)24)12-17(18)15-8-4-5-9-16(15)19(22)13-6-2-1-3-7-13/h1-12H,20H2. The van der Waals surface area contributed by atoms with Crippen molar-refractivity contribution in [3.05, 3.63) is 94.0 Å². The molecule has 118 valence electrons. The first-order valence-corrected chi connectivity index (χ1v) is 7.31. The van der Waals surface area contributed by atoms with E-state index in [-0.39, 0.29) is 11.5 Å². The Kier molecular flexibility index (Phi) is 4.07. The third-order valence-corrected chi connectivity index (χ3v) is 3.75. The molecule has 3 rings (SSSR count). The molecule has 0 amide bonds. The number of hydrogen-bond acceptors (Lipinski definition) is 4. The monoisotopic (exact) mass is 318 g/mol. The number of nitrogens with two attached hydrogens (primary N) is 1. The SMILES string of the molecule is Nc1ccc([N+](=O)[O-])cc1-c1ccccc1C(=O)c1ccccc1. The minimum absolute atomic E-state index is 0.0684. The molecule has 0 fully saturated rings. The van der Waals surface area contributed by atoms with E-state index in [0.717, 1.165) is 0 Å². The van der Waals surface area contributed by atoms with Gasteiger partial charge in [-0.25, -0.2) is 0 Å². The highest BCUT2D eigenvalue weighted by Crippen LogP contribution is 2.33. The van der Waals surface area contributed by atoms with Crippen molar-refractivity contribution in [2.75, 3.05) is 5.73 Å². The number of carbonyl (C=O) groups is 1. The second kappa shape index (κ2) is 6.34. The van der Waals surface area contributed by atoms with Crippen LogP contribution in [0, 0.1) is 10.1 Å². The molecule has 0 saturated carbocycles. The molecule has 0 unspecified atom stereocenters. The van der Waals surface area contributed by atoms with E-state index in [1.807, 2.05) is 6.07 Å². The molecule has 0 bridgehead atoms. The van der Waals surface area contributed by atoms with Crippen LogP contribution in [0.15, 0.2) is 72.8 Å². The Hall–Kier alpha value is -3.47. The molecule has 0 aliphatic carbocycles. The summed E-state index contributed by atoms with van der Waals surface area (Å²) in [6, 6.07) is 20.1. The van der Waals surface area contributed by atoms with E-state index >= 15 is 0 Å². The summed E-state index contributed by atoms with van der Waals surface area (Å²) >= 11 is 0. The number of hydrogen-bond donors (Lipinski definition) is 1. The molecule has 0 aliphatic heterocycles. The first-order valence-electron chi connectivity index (χ1n) is 7.31. The lowest BCUT2D eigenvalue weighted by atomic mass is 9.93. The molecule has 3 aromatic carbocycles. The number of nitrogens with zero attached hydrogens (tertiary/aromatic N) is 1. The summed E-state index contributed by atoms with van der Waals surface area (Å²) in [5, 5.41) is 11.0. The Morgan fingerprint density at radius 2 is 1.54 bits per heavy atom. The van der Waals surface area contributed by atoms with E-state index in [4.69, 9.17) is 5.73 Å². The molecule has 0 aromatic heterocycles. The van der Waals surface area contributed by atoms with Gasteiger partial charge in [-0.2, -0.15) is 0 Å². The maximum absolute atomic E-state index is 12.8. The summed E-state index contributed by atoms with van der Waals surface area (Å²) in [4.78, 5) is 23.3. The maximum Gasteiger partial charge on any atom is 0.270 e. The van der Waals surface area contributed by atoms with Crippen molar-refractivity contribution in [1.29, 1.82) is 0 Å². The fourth-order valence-corrected chi connectivity index (χ4v) is 2.55. The van der Waals surface area contributed by atoms with E-state index in [2.05, 4.69) is 0 Å². The number of carbonyl (C=O) groups excluding carboxylic acids is 1. The van der Waals surface area contributed by atoms with Gasteiger partial charge in [0.15, 0.2) is 5.78 Å². The zero-order valence-corrected chi connectivity index (χ0v) is 12.7. The van der Waals surface area contributed by atoms with E-state index in [1.165, 1.54) is 18.2 Å². The van der Waals surface area contributed by atoms with Gasteiger partial charge in [-0.1, -0.05) is 54.6 Å². The first-order chi connectivity index (χ1) is 11.6. The second-order valence-electron chi connectivity index (χ2n) is 5.27. The van der Waals surface area contributed by atoms with Crippen molar-refractivity contribution < 1.29 is 9.72 Å². The van der Waals surface area contributed by atoms with Crippen LogP contribution in [-0.2, 0) is 0 Å². The molecule has 5 nitrogen and oxygen atoms in total. The van der Waals surface area contributed by atoms with Gasteiger partial charge in [0, 0.05) is 34.5 Å². The average Bonchev–Trinajstić information content (AvgIpc) is 2.62. The van der Waals surface area contributed by atoms with Crippen LogP contribution < -0.4 is 5.73 Å². The Balaban J connectivity index is 2.16. The van der Waals surface area contributed by atoms with Gasteiger partial charge >= 0.3 is 0 Å². The van der Waals surface area contributed by atoms with Gasteiger partial charge in [0.1, 0.15) is 0 Å². The maximum atomic E-state index is 12.8. The molecule has 24 heavy (non-hydrogen) atoms. The Bertz CT molecular complexity index is 921. The Morgan fingerprint density at radius 1 is 0.875 bits per heavy atom. The second-order valence-corrected chi connectivity index (χ2v) is 5.27. The van der Waals surface area contributed by atoms with Gasteiger partial charge in [-0.05, 0) is 11.6 Å². The van der Waals surface area contributed by atoms with Crippen LogP contribution in [-0.4, -0.2) is 10.7 Å². The van der Waals surface area contributed by atoms with Gasteiger partial charge in [-0.15, -0.1) is 0 Å². The molecule has 0 heterocycles. The van der Waals surface area contributed by atoms with Crippen molar-refractivity contribution in [1.82, 2.24) is 0 Å². The summed E-state index contributed by atoms with van der Waals surface area (Å²) in [5.74, 6) is -0.155. The van der Waals surface area contributed by atoms with Gasteiger partial charge in [0.2, 0.25) is 0 Å². The normalized spacial score (nSPS) is 10.3. The lowest BCUT2D eigenvalue weighted by Gasteiger charge is -2.11. The number of non-ortho nitro benzene ring substituents is 1. The number of nitro benzene ring substituents is 1. The fourth-order valence-electron chi connectivity index (χ4n) is 2.55. The Labute approximate surface area is 138 Å². The minimum Gasteiger partial charge on any atom is -0.398 e. The molecule has 2 N–H and O–H groups in total. The molecule has 3 aromatic rings. The quantitative estimate of drug-likeness (QED) is 0.340.